The van der Waals surface area contributed by atoms with Crippen LogP contribution in [0.4, 0.5) is 8.78 Å². The number of methoxy groups -OCH3 is 2. The highest BCUT2D eigenvalue weighted by Gasteiger charge is 2.22. The van der Waals surface area contributed by atoms with Crippen LogP contribution in [-0.4, -0.2) is 52.9 Å². The Labute approximate surface area is 231 Å². The van der Waals surface area contributed by atoms with Crippen molar-refractivity contribution in [2.45, 2.75) is 26.9 Å². The Morgan fingerprint density at radius 3 is 2.48 bits per heavy atom. The third-order valence-corrected chi connectivity index (χ3v) is 6.01. The zero-order valence-electron chi connectivity index (χ0n) is 22.0. The van der Waals surface area contributed by atoms with Gasteiger partial charge >= 0.3 is 11.7 Å². The predicted octanol–water partition coefficient (Wildman–Crippen LogP) is 4.14. The molecule has 0 amide bonds. The first-order valence-corrected chi connectivity index (χ1v) is 12.4. The number of halogens is 3. The predicted molar refractivity (Wildman–Crippen MR) is 140 cm³/mol. The number of hydrogen-bond donors (Lipinski definition) is 1. The van der Waals surface area contributed by atoms with Gasteiger partial charge in [0.15, 0.2) is 35.4 Å². The van der Waals surface area contributed by atoms with Crippen molar-refractivity contribution in [3.63, 3.8) is 0 Å². The van der Waals surface area contributed by atoms with Crippen molar-refractivity contribution in [2.75, 3.05) is 27.4 Å². The molecule has 0 radical (unpaired) electrons. The highest BCUT2D eigenvalue weighted by molar-refractivity contribution is 6.32. The molecule has 4 aromatic rings. The molecule has 0 saturated heterocycles. The first kappa shape index (κ1) is 28.6. The fourth-order valence-corrected chi connectivity index (χ4v) is 4.08. The topological polar surface area (TPSA) is 127 Å². The number of nitrogens with zero attached hydrogens (tertiary/aromatic N) is 3. The summed E-state index contributed by atoms with van der Waals surface area (Å²) in [6.07, 6.45) is 0.454. The average Bonchev–Trinajstić information content (AvgIpc) is 3.28. The summed E-state index contributed by atoms with van der Waals surface area (Å²) in [4.78, 5) is 36.4. The molecule has 0 aliphatic heterocycles. The van der Waals surface area contributed by atoms with Crippen LogP contribution in [0.25, 0.3) is 16.9 Å². The molecule has 14 heteroatoms. The van der Waals surface area contributed by atoms with E-state index in [0.29, 0.717) is 12.2 Å². The molecular weight excluding hydrogens is 554 g/mol. The van der Waals surface area contributed by atoms with Gasteiger partial charge in [0.05, 0.1) is 37.1 Å². The van der Waals surface area contributed by atoms with Crippen LogP contribution < -0.4 is 24.6 Å². The molecule has 2 aromatic heterocycles. The molecule has 0 spiro atoms. The quantitative estimate of drug-likeness (QED) is 0.261. The lowest BCUT2D eigenvalue weighted by atomic mass is 10.2. The summed E-state index contributed by atoms with van der Waals surface area (Å²) in [6.45, 7) is 2.63. The summed E-state index contributed by atoms with van der Waals surface area (Å²) in [5.74, 6) is -2.37. The van der Waals surface area contributed by atoms with Crippen molar-refractivity contribution in [1.29, 1.82) is 0 Å². The molecule has 0 atom stereocenters. The van der Waals surface area contributed by atoms with E-state index in [1.807, 2.05) is 6.92 Å². The van der Waals surface area contributed by atoms with Crippen LogP contribution in [0.1, 0.15) is 25.2 Å². The lowest BCUT2D eigenvalue weighted by Gasteiger charge is -2.17. The maximum absolute atomic E-state index is 14.6. The van der Waals surface area contributed by atoms with Crippen molar-refractivity contribution in [3.8, 4) is 28.8 Å². The number of ether oxygens (including phenoxy) is 5. The third kappa shape index (κ3) is 5.64. The van der Waals surface area contributed by atoms with Crippen LogP contribution >= 0.6 is 11.6 Å². The molecule has 0 unspecified atom stereocenters. The zero-order chi connectivity index (χ0) is 29.0. The van der Waals surface area contributed by atoms with Crippen molar-refractivity contribution < 1.29 is 37.3 Å². The standard InChI is InChI=1S/C26H25ClF2N4O7/c1-5-20-30-24-23(25(31-20)37-4)32-26(35)33(24)16-10-19(18(9-14(16)27)40-12-21(34)38-6-2)39-11-13-17(36-3)8-7-15(28)22(13)29/h7-10H,5-6,11-12H2,1-4H3,(H,32,35). The summed E-state index contributed by atoms with van der Waals surface area (Å²) in [7, 11) is 2.71. The molecule has 212 valence electrons. The third-order valence-electron chi connectivity index (χ3n) is 5.71. The minimum Gasteiger partial charge on any atom is -0.496 e. The second-order valence-electron chi connectivity index (χ2n) is 8.14. The monoisotopic (exact) mass is 578 g/mol. The Morgan fingerprint density at radius 2 is 1.80 bits per heavy atom. The van der Waals surface area contributed by atoms with E-state index in [0.717, 1.165) is 6.07 Å². The van der Waals surface area contributed by atoms with Gasteiger partial charge in [0.25, 0.3) is 0 Å². The maximum atomic E-state index is 14.6. The number of esters is 1. The van der Waals surface area contributed by atoms with Crippen molar-refractivity contribution in [3.05, 3.63) is 62.8 Å². The van der Waals surface area contributed by atoms with Gasteiger partial charge in [-0.2, -0.15) is 4.98 Å². The molecule has 0 saturated carbocycles. The zero-order valence-corrected chi connectivity index (χ0v) is 22.7. The van der Waals surface area contributed by atoms with E-state index in [-0.39, 0.29) is 57.2 Å². The summed E-state index contributed by atoms with van der Waals surface area (Å²) in [6, 6.07) is 4.85. The van der Waals surface area contributed by atoms with Gasteiger partial charge in [-0.15, -0.1) is 0 Å². The largest absolute Gasteiger partial charge is 0.496 e. The molecular formula is C26H25ClF2N4O7. The molecule has 0 aliphatic rings. The second kappa shape index (κ2) is 12.2. The SMILES string of the molecule is CCOC(=O)COc1cc(Cl)c(-n2c(=O)[nH]c3c(OC)nc(CC)nc32)cc1OCc1c(OC)ccc(F)c1F. The van der Waals surface area contributed by atoms with E-state index >= 15 is 0 Å². The van der Waals surface area contributed by atoms with Gasteiger partial charge in [0.1, 0.15) is 23.7 Å². The van der Waals surface area contributed by atoms with Crippen molar-refractivity contribution in [2.24, 2.45) is 0 Å². The van der Waals surface area contributed by atoms with Crippen LogP contribution in [0.2, 0.25) is 5.02 Å². The first-order valence-electron chi connectivity index (χ1n) is 12.0. The number of rotatable bonds is 11. The van der Waals surface area contributed by atoms with Gasteiger partial charge < -0.3 is 23.7 Å². The molecule has 2 heterocycles. The van der Waals surface area contributed by atoms with Crippen LogP contribution in [-0.2, 0) is 22.6 Å². The normalized spacial score (nSPS) is 11.0. The van der Waals surface area contributed by atoms with Gasteiger partial charge in [-0.05, 0) is 19.1 Å². The average molecular weight is 579 g/mol. The second-order valence-corrected chi connectivity index (χ2v) is 8.55. The van der Waals surface area contributed by atoms with E-state index in [4.69, 9.17) is 35.3 Å². The number of aromatic nitrogens is 4. The molecule has 4 rings (SSSR count). The molecule has 0 aliphatic carbocycles. The fraction of sp³-hybridized carbons (Fsp3) is 0.308. The summed E-state index contributed by atoms with van der Waals surface area (Å²) >= 11 is 6.57. The van der Waals surface area contributed by atoms with E-state index in [9.17, 15) is 18.4 Å². The summed E-state index contributed by atoms with van der Waals surface area (Å²) in [5, 5.41) is 0.0272. The van der Waals surface area contributed by atoms with Crippen LogP contribution in [0.5, 0.6) is 23.1 Å². The Bertz CT molecular complexity index is 1620. The number of carbonyl (C=O) groups is 1. The van der Waals surface area contributed by atoms with E-state index in [1.54, 1.807) is 6.92 Å². The number of fused-ring (bicyclic) bond motifs is 1. The van der Waals surface area contributed by atoms with Crippen LogP contribution in [0, 0.1) is 11.6 Å². The highest BCUT2D eigenvalue weighted by Crippen LogP contribution is 2.37. The molecule has 40 heavy (non-hydrogen) atoms. The number of nitrogens with one attached hydrogen (secondary N) is 1. The summed E-state index contributed by atoms with van der Waals surface area (Å²) in [5.41, 5.74) is -0.283. The number of benzene rings is 2. The highest BCUT2D eigenvalue weighted by atomic mass is 35.5. The number of aromatic amines is 1. The Kier molecular flexibility index (Phi) is 8.73. The van der Waals surface area contributed by atoms with Crippen LogP contribution in [0.3, 0.4) is 0 Å². The van der Waals surface area contributed by atoms with E-state index in [2.05, 4.69) is 15.0 Å². The minimum absolute atomic E-state index is 0.0214. The molecule has 2 aromatic carbocycles. The number of carbonyl (C=O) groups excluding carboxylic acids is 1. The number of hydrogen-bond acceptors (Lipinski definition) is 9. The smallest absolute Gasteiger partial charge is 0.344 e. The minimum atomic E-state index is -1.16. The van der Waals surface area contributed by atoms with Gasteiger partial charge in [-0.1, -0.05) is 18.5 Å². The summed E-state index contributed by atoms with van der Waals surface area (Å²) < 4.78 is 56.5. The Balaban J connectivity index is 1.84. The van der Waals surface area contributed by atoms with Gasteiger partial charge in [0.2, 0.25) is 5.88 Å². The van der Waals surface area contributed by atoms with Gasteiger partial charge in [-0.25, -0.2) is 27.9 Å². The maximum Gasteiger partial charge on any atom is 0.344 e. The number of imidazole rings is 1. The molecule has 0 fully saturated rings. The molecule has 0 bridgehead atoms. The lowest BCUT2D eigenvalue weighted by molar-refractivity contribution is -0.145. The van der Waals surface area contributed by atoms with E-state index in [1.165, 1.54) is 37.0 Å². The van der Waals surface area contributed by atoms with Crippen molar-refractivity contribution >= 4 is 28.7 Å². The Morgan fingerprint density at radius 1 is 1.05 bits per heavy atom. The molecule has 1 N–H and O–H groups in total. The molecule has 11 nitrogen and oxygen atoms in total. The van der Waals surface area contributed by atoms with Gasteiger partial charge in [-0.3, -0.25) is 4.98 Å². The number of H-pyrrole nitrogens is 1. The Hall–Kier alpha value is -4.39. The van der Waals surface area contributed by atoms with Crippen molar-refractivity contribution in [1.82, 2.24) is 19.5 Å². The van der Waals surface area contributed by atoms with Crippen LogP contribution in [0.15, 0.2) is 29.1 Å². The van der Waals surface area contributed by atoms with Gasteiger partial charge in [0, 0.05) is 18.6 Å². The lowest BCUT2D eigenvalue weighted by Crippen LogP contribution is -2.17. The first-order chi connectivity index (χ1) is 19.2. The van der Waals surface area contributed by atoms with E-state index < -0.39 is 36.5 Å². The number of aryl methyl sites for hydroxylation is 1. The fourth-order valence-electron chi connectivity index (χ4n) is 3.84.